The third-order valence-electron chi connectivity index (χ3n) is 8.49. The van der Waals surface area contributed by atoms with E-state index in [1.54, 1.807) is 31.4 Å². The minimum Gasteiger partial charge on any atom is -0.497 e. The standard InChI is InChI=1S/C36H30FN3O3/c1-43-26-14-15-27(28-9-5-6-10-30(28)37)29(21-26)32-17-11-22-19-23(12-16-31(22)38-32)35-39-33-20-24(36(41)42)13-18-34(33)40(35)25-7-3-2-4-8-25/h5-6,9-21,25H,2-4,7-8H2,1H3,(H,41,42). The number of imidazole rings is 1. The van der Waals surface area contributed by atoms with Crippen LogP contribution in [0, 0.1) is 5.82 Å². The van der Waals surface area contributed by atoms with Gasteiger partial charge in [0.15, 0.2) is 0 Å². The number of carboxylic acid groups (broad SMARTS) is 1. The minimum atomic E-state index is -0.961. The molecule has 0 amide bonds. The fourth-order valence-electron chi connectivity index (χ4n) is 6.34. The van der Waals surface area contributed by atoms with Crippen molar-refractivity contribution in [2.75, 3.05) is 7.11 Å². The Kier molecular flexibility index (Phi) is 6.86. The van der Waals surface area contributed by atoms with Gasteiger partial charge in [-0.1, -0.05) is 43.5 Å². The quantitative estimate of drug-likeness (QED) is 0.216. The smallest absolute Gasteiger partial charge is 0.335 e. The Hall–Kier alpha value is -5.04. The van der Waals surface area contributed by atoms with Crippen LogP contribution < -0.4 is 4.74 Å². The molecular formula is C36H30FN3O3. The number of ether oxygens (including phenoxy) is 1. The number of hydrogen-bond acceptors (Lipinski definition) is 4. The first-order valence-corrected chi connectivity index (χ1v) is 14.6. The van der Waals surface area contributed by atoms with Crippen molar-refractivity contribution in [3.05, 3.63) is 102 Å². The Balaban J connectivity index is 1.34. The van der Waals surface area contributed by atoms with Gasteiger partial charge in [0.2, 0.25) is 0 Å². The topological polar surface area (TPSA) is 77.2 Å². The molecule has 1 saturated carbocycles. The lowest BCUT2D eigenvalue weighted by Crippen LogP contribution is -2.14. The van der Waals surface area contributed by atoms with Gasteiger partial charge in [-0.2, -0.15) is 0 Å². The number of benzene rings is 4. The summed E-state index contributed by atoms with van der Waals surface area (Å²) < 4.78 is 22.6. The summed E-state index contributed by atoms with van der Waals surface area (Å²) in [6.07, 6.45) is 5.71. The zero-order chi connectivity index (χ0) is 29.5. The molecule has 0 bridgehead atoms. The molecule has 0 atom stereocenters. The van der Waals surface area contributed by atoms with Crippen LogP contribution in [0.3, 0.4) is 0 Å². The van der Waals surface area contributed by atoms with Crippen LogP contribution >= 0.6 is 0 Å². The van der Waals surface area contributed by atoms with E-state index in [1.165, 1.54) is 25.3 Å². The molecule has 0 spiro atoms. The molecule has 1 aliphatic carbocycles. The predicted octanol–water partition coefficient (Wildman–Crippen LogP) is 8.94. The molecule has 214 valence electrons. The second-order valence-corrected chi connectivity index (χ2v) is 11.1. The summed E-state index contributed by atoms with van der Waals surface area (Å²) >= 11 is 0. The molecule has 2 aromatic heterocycles. The number of methoxy groups -OCH3 is 1. The summed E-state index contributed by atoms with van der Waals surface area (Å²) in [5, 5.41) is 10.5. The Morgan fingerprint density at radius 3 is 2.47 bits per heavy atom. The van der Waals surface area contributed by atoms with Gasteiger partial charge in [-0.15, -0.1) is 0 Å². The van der Waals surface area contributed by atoms with E-state index >= 15 is 0 Å². The molecule has 7 heteroatoms. The Morgan fingerprint density at radius 1 is 0.837 bits per heavy atom. The van der Waals surface area contributed by atoms with Crippen molar-refractivity contribution in [3.8, 4) is 39.5 Å². The lowest BCUT2D eigenvalue weighted by molar-refractivity contribution is 0.0697. The van der Waals surface area contributed by atoms with E-state index in [9.17, 15) is 14.3 Å². The van der Waals surface area contributed by atoms with Crippen LogP contribution in [0.5, 0.6) is 5.75 Å². The molecule has 6 aromatic rings. The van der Waals surface area contributed by atoms with Gasteiger partial charge >= 0.3 is 5.97 Å². The Morgan fingerprint density at radius 2 is 1.67 bits per heavy atom. The molecule has 2 heterocycles. The lowest BCUT2D eigenvalue weighted by Gasteiger charge is -2.25. The van der Waals surface area contributed by atoms with Crippen LogP contribution in [0.15, 0.2) is 91.0 Å². The average molecular weight is 572 g/mol. The summed E-state index contributed by atoms with van der Waals surface area (Å²) in [6.45, 7) is 0. The maximum atomic E-state index is 14.8. The molecule has 43 heavy (non-hydrogen) atoms. The minimum absolute atomic E-state index is 0.231. The van der Waals surface area contributed by atoms with Crippen LogP contribution in [0.2, 0.25) is 0 Å². The number of rotatable bonds is 6. The molecule has 1 aliphatic rings. The van der Waals surface area contributed by atoms with Gasteiger partial charge in [0.25, 0.3) is 0 Å². The molecule has 4 aromatic carbocycles. The van der Waals surface area contributed by atoms with E-state index < -0.39 is 5.97 Å². The van der Waals surface area contributed by atoms with Gasteiger partial charge in [0.1, 0.15) is 17.4 Å². The van der Waals surface area contributed by atoms with Crippen molar-refractivity contribution in [1.29, 1.82) is 0 Å². The van der Waals surface area contributed by atoms with Crippen LogP contribution in [0.1, 0.15) is 48.5 Å². The van der Waals surface area contributed by atoms with Gasteiger partial charge in [-0.3, -0.25) is 0 Å². The number of carboxylic acids is 1. The summed E-state index contributed by atoms with van der Waals surface area (Å²) in [7, 11) is 1.61. The molecule has 7 rings (SSSR count). The van der Waals surface area contributed by atoms with E-state index in [1.807, 2.05) is 54.6 Å². The summed E-state index contributed by atoms with van der Waals surface area (Å²) in [4.78, 5) is 21.6. The second kappa shape index (κ2) is 11.0. The van der Waals surface area contributed by atoms with Crippen LogP contribution in [-0.2, 0) is 0 Å². The largest absolute Gasteiger partial charge is 0.497 e. The highest BCUT2D eigenvalue weighted by Gasteiger charge is 2.23. The van der Waals surface area contributed by atoms with Gasteiger partial charge in [0, 0.05) is 28.1 Å². The number of aromatic nitrogens is 3. The molecule has 6 nitrogen and oxygen atoms in total. The first kappa shape index (κ1) is 26.8. The molecule has 0 unspecified atom stereocenters. The monoisotopic (exact) mass is 571 g/mol. The number of fused-ring (bicyclic) bond motifs is 2. The Bertz CT molecular complexity index is 2010. The fraction of sp³-hybridized carbons (Fsp3) is 0.194. The molecule has 0 saturated heterocycles. The molecule has 1 fully saturated rings. The lowest BCUT2D eigenvalue weighted by atomic mass is 9.94. The normalized spacial score (nSPS) is 13.9. The van der Waals surface area contributed by atoms with Crippen molar-refractivity contribution in [2.45, 2.75) is 38.1 Å². The van der Waals surface area contributed by atoms with E-state index in [0.717, 1.165) is 51.8 Å². The van der Waals surface area contributed by atoms with Gasteiger partial charge in [-0.25, -0.2) is 19.2 Å². The van der Waals surface area contributed by atoms with Crippen molar-refractivity contribution >= 4 is 27.9 Å². The van der Waals surface area contributed by atoms with Crippen molar-refractivity contribution in [2.24, 2.45) is 0 Å². The number of carbonyl (C=O) groups is 1. The molecule has 0 aliphatic heterocycles. The third kappa shape index (κ3) is 4.91. The molecular weight excluding hydrogens is 541 g/mol. The number of aromatic carboxylic acids is 1. The van der Waals surface area contributed by atoms with Crippen LogP contribution in [0.25, 0.3) is 55.7 Å². The van der Waals surface area contributed by atoms with E-state index in [0.29, 0.717) is 28.6 Å². The SMILES string of the molecule is COc1ccc(-c2ccccc2F)c(-c2ccc3cc(-c4nc5cc(C(=O)O)ccc5n4C4CCCCC4)ccc3n2)c1. The highest BCUT2D eigenvalue weighted by Crippen LogP contribution is 2.39. The van der Waals surface area contributed by atoms with E-state index in [-0.39, 0.29) is 11.4 Å². The highest BCUT2D eigenvalue weighted by atomic mass is 19.1. The zero-order valence-electron chi connectivity index (χ0n) is 23.8. The van der Waals surface area contributed by atoms with Crippen molar-refractivity contribution < 1.29 is 19.0 Å². The second-order valence-electron chi connectivity index (χ2n) is 11.1. The number of hydrogen-bond donors (Lipinski definition) is 1. The fourth-order valence-corrected chi connectivity index (χ4v) is 6.34. The van der Waals surface area contributed by atoms with Gasteiger partial charge in [-0.05, 0) is 85.1 Å². The van der Waals surface area contributed by atoms with Gasteiger partial charge < -0.3 is 14.4 Å². The number of halogens is 1. The summed E-state index contributed by atoms with van der Waals surface area (Å²) in [6, 6.07) is 27.9. The average Bonchev–Trinajstić information content (AvgIpc) is 3.43. The zero-order valence-corrected chi connectivity index (χ0v) is 23.8. The van der Waals surface area contributed by atoms with Crippen LogP contribution in [-0.4, -0.2) is 32.7 Å². The Labute approximate surface area is 248 Å². The van der Waals surface area contributed by atoms with E-state index in [2.05, 4.69) is 10.6 Å². The first-order chi connectivity index (χ1) is 21.0. The maximum Gasteiger partial charge on any atom is 0.335 e. The predicted molar refractivity (Wildman–Crippen MR) is 167 cm³/mol. The number of nitrogens with zero attached hydrogens (tertiary/aromatic N) is 3. The third-order valence-corrected chi connectivity index (χ3v) is 8.49. The van der Waals surface area contributed by atoms with E-state index in [4.69, 9.17) is 14.7 Å². The first-order valence-electron chi connectivity index (χ1n) is 14.6. The number of pyridine rings is 1. The molecule has 0 radical (unpaired) electrons. The summed E-state index contributed by atoms with van der Waals surface area (Å²) in [5.41, 5.74) is 6.37. The maximum absolute atomic E-state index is 14.8. The van der Waals surface area contributed by atoms with Crippen LogP contribution in [0.4, 0.5) is 4.39 Å². The van der Waals surface area contributed by atoms with Gasteiger partial charge in [0.05, 0.1) is 34.9 Å². The highest BCUT2D eigenvalue weighted by molar-refractivity contribution is 5.94. The van der Waals surface area contributed by atoms with Crippen molar-refractivity contribution in [1.82, 2.24) is 14.5 Å². The molecule has 1 N–H and O–H groups in total. The van der Waals surface area contributed by atoms with Crippen molar-refractivity contribution in [3.63, 3.8) is 0 Å². The summed E-state index contributed by atoms with van der Waals surface area (Å²) in [5.74, 6) is 0.248.